The second-order valence-corrected chi connectivity index (χ2v) is 5.93. The third-order valence-electron chi connectivity index (χ3n) is 3.15. The van der Waals surface area contributed by atoms with Crippen molar-refractivity contribution in [1.29, 1.82) is 0 Å². The van der Waals surface area contributed by atoms with Crippen LogP contribution < -0.4 is 5.32 Å². The lowest BCUT2D eigenvalue weighted by Gasteiger charge is -2.14. The number of carbonyl (C=O) groups excluding carboxylic acids is 2. The summed E-state index contributed by atoms with van der Waals surface area (Å²) in [7, 11) is 0. The van der Waals surface area contributed by atoms with Crippen molar-refractivity contribution in [2.75, 3.05) is 5.32 Å². The molecule has 23 heavy (non-hydrogen) atoms. The molecule has 2 rings (SSSR count). The van der Waals surface area contributed by atoms with Crippen LogP contribution in [0.1, 0.15) is 22.8 Å². The van der Waals surface area contributed by atoms with Crippen molar-refractivity contribution in [2.24, 2.45) is 0 Å². The Bertz CT molecular complexity index is 748. The van der Waals surface area contributed by atoms with Crippen LogP contribution in [0.4, 0.5) is 10.1 Å². The zero-order valence-electron chi connectivity index (χ0n) is 12.6. The van der Waals surface area contributed by atoms with Crippen LogP contribution in [0.25, 0.3) is 0 Å². The van der Waals surface area contributed by atoms with Crippen LogP contribution in [0.15, 0.2) is 46.9 Å². The molecule has 6 heteroatoms. The molecule has 120 valence electrons. The van der Waals surface area contributed by atoms with Crippen LogP contribution >= 0.6 is 15.9 Å². The Morgan fingerprint density at radius 1 is 1.22 bits per heavy atom. The number of carbonyl (C=O) groups is 2. The first-order valence-electron chi connectivity index (χ1n) is 6.90. The van der Waals surface area contributed by atoms with E-state index in [1.807, 2.05) is 0 Å². The Kier molecular flexibility index (Phi) is 5.50. The normalized spacial score (nSPS) is 11.7. The first-order valence-corrected chi connectivity index (χ1v) is 7.69. The topological polar surface area (TPSA) is 55.4 Å². The molecular formula is C17H15BrFNO3. The lowest BCUT2D eigenvalue weighted by molar-refractivity contribution is -0.123. The molecule has 0 aliphatic heterocycles. The number of aryl methyl sites for hydroxylation is 1. The maximum absolute atomic E-state index is 13.5. The van der Waals surface area contributed by atoms with E-state index in [2.05, 4.69) is 21.2 Å². The molecular weight excluding hydrogens is 365 g/mol. The smallest absolute Gasteiger partial charge is 0.338 e. The summed E-state index contributed by atoms with van der Waals surface area (Å²) in [5.41, 5.74) is 1.13. The van der Waals surface area contributed by atoms with Crippen LogP contribution in [0.2, 0.25) is 0 Å². The molecule has 0 saturated carbocycles. The Hall–Kier alpha value is -2.21. The zero-order chi connectivity index (χ0) is 17.0. The molecule has 1 N–H and O–H groups in total. The molecule has 1 amide bonds. The highest BCUT2D eigenvalue weighted by Gasteiger charge is 2.19. The van der Waals surface area contributed by atoms with E-state index in [9.17, 15) is 14.0 Å². The van der Waals surface area contributed by atoms with Crippen molar-refractivity contribution in [1.82, 2.24) is 0 Å². The summed E-state index contributed by atoms with van der Waals surface area (Å²) in [5.74, 6) is -1.55. The molecule has 0 fully saturated rings. The highest BCUT2D eigenvalue weighted by Crippen LogP contribution is 2.15. The Balaban J connectivity index is 1.99. The summed E-state index contributed by atoms with van der Waals surface area (Å²) in [6, 6.07) is 11.0. The second kappa shape index (κ2) is 7.37. The lowest BCUT2D eigenvalue weighted by atomic mass is 10.2. The van der Waals surface area contributed by atoms with Crippen molar-refractivity contribution in [3.63, 3.8) is 0 Å². The molecule has 0 aliphatic carbocycles. The standard InChI is InChI=1S/C17H15BrFNO3/c1-10-6-7-14(9-15(10)19)20-16(21)11(2)23-17(22)12-4-3-5-13(18)8-12/h3-9,11H,1-2H3,(H,20,21). The van der Waals surface area contributed by atoms with Crippen molar-refractivity contribution in [2.45, 2.75) is 20.0 Å². The van der Waals surface area contributed by atoms with Gasteiger partial charge in [-0.05, 0) is 49.7 Å². The molecule has 2 aromatic carbocycles. The van der Waals surface area contributed by atoms with Gasteiger partial charge in [-0.1, -0.05) is 28.1 Å². The zero-order valence-corrected chi connectivity index (χ0v) is 14.2. The quantitative estimate of drug-likeness (QED) is 0.814. The maximum atomic E-state index is 13.5. The minimum absolute atomic E-state index is 0.309. The SMILES string of the molecule is Cc1ccc(NC(=O)C(C)OC(=O)c2cccc(Br)c2)cc1F. The summed E-state index contributed by atoms with van der Waals surface area (Å²) in [6.07, 6.45) is -1.01. The third kappa shape index (κ3) is 4.63. The molecule has 0 saturated heterocycles. The van der Waals surface area contributed by atoms with E-state index < -0.39 is 23.8 Å². The van der Waals surface area contributed by atoms with Gasteiger partial charge >= 0.3 is 5.97 Å². The fourth-order valence-electron chi connectivity index (χ4n) is 1.81. The van der Waals surface area contributed by atoms with Gasteiger partial charge in [-0.2, -0.15) is 0 Å². The van der Waals surface area contributed by atoms with E-state index in [1.165, 1.54) is 13.0 Å². The van der Waals surface area contributed by atoms with Crippen LogP contribution in [-0.2, 0) is 9.53 Å². The first kappa shape index (κ1) is 17.1. The Morgan fingerprint density at radius 2 is 1.96 bits per heavy atom. The van der Waals surface area contributed by atoms with Crippen LogP contribution in [0.5, 0.6) is 0 Å². The summed E-state index contributed by atoms with van der Waals surface area (Å²) in [5, 5.41) is 2.51. The number of anilines is 1. The van der Waals surface area contributed by atoms with E-state index in [4.69, 9.17) is 4.74 Å². The van der Waals surface area contributed by atoms with Crippen molar-refractivity contribution < 1.29 is 18.7 Å². The Labute approximate surface area is 141 Å². The molecule has 0 spiro atoms. The number of hydrogen-bond acceptors (Lipinski definition) is 3. The van der Waals surface area contributed by atoms with Gasteiger partial charge in [0.15, 0.2) is 6.10 Å². The minimum atomic E-state index is -1.01. The number of benzene rings is 2. The number of halogens is 2. The van der Waals surface area contributed by atoms with Gasteiger partial charge in [0.2, 0.25) is 0 Å². The molecule has 4 nitrogen and oxygen atoms in total. The number of ether oxygens (including phenoxy) is 1. The van der Waals surface area contributed by atoms with Gasteiger partial charge in [-0.15, -0.1) is 0 Å². The second-order valence-electron chi connectivity index (χ2n) is 5.01. The molecule has 2 aromatic rings. The summed E-state index contributed by atoms with van der Waals surface area (Å²) in [6.45, 7) is 3.08. The number of rotatable bonds is 4. The average Bonchev–Trinajstić information content (AvgIpc) is 2.50. The molecule has 0 aromatic heterocycles. The van der Waals surface area contributed by atoms with E-state index >= 15 is 0 Å². The molecule has 1 unspecified atom stereocenters. The summed E-state index contributed by atoms with van der Waals surface area (Å²) < 4.78 is 19.3. The van der Waals surface area contributed by atoms with Crippen LogP contribution in [0.3, 0.4) is 0 Å². The highest BCUT2D eigenvalue weighted by molar-refractivity contribution is 9.10. The number of nitrogens with one attached hydrogen (secondary N) is 1. The van der Waals surface area contributed by atoms with Crippen molar-refractivity contribution in [3.05, 3.63) is 63.9 Å². The van der Waals surface area contributed by atoms with Crippen molar-refractivity contribution >= 4 is 33.5 Å². The summed E-state index contributed by atoms with van der Waals surface area (Å²) >= 11 is 3.26. The number of esters is 1. The number of hydrogen-bond donors (Lipinski definition) is 1. The largest absolute Gasteiger partial charge is 0.449 e. The lowest BCUT2D eigenvalue weighted by Crippen LogP contribution is -2.30. The fraction of sp³-hybridized carbons (Fsp3) is 0.176. The molecule has 0 aliphatic rings. The first-order chi connectivity index (χ1) is 10.9. The van der Waals surface area contributed by atoms with Gasteiger partial charge in [0.25, 0.3) is 5.91 Å². The van der Waals surface area contributed by atoms with Crippen molar-refractivity contribution in [3.8, 4) is 0 Å². The van der Waals surface area contributed by atoms with E-state index in [1.54, 1.807) is 43.3 Å². The van der Waals surface area contributed by atoms with E-state index in [-0.39, 0.29) is 0 Å². The maximum Gasteiger partial charge on any atom is 0.338 e. The van der Waals surface area contributed by atoms with Gasteiger partial charge in [0, 0.05) is 10.2 Å². The predicted molar refractivity (Wildman–Crippen MR) is 88.8 cm³/mol. The molecule has 1 atom stereocenters. The van der Waals surface area contributed by atoms with Crippen LogP contribution in [0, 0.1) is 12.7 Å². The highest BCUT2D eigenvalue weighted by atomic mass is 79.9. The van der Waals surface area contributed by atoms with Gasteiger partial charge < -0.3 is 10.1 Å². The molecule has 0 heterocycles. The van der Waals surface area contributed by atoms with Gasteiger partial charge in [0.05, 0.1) is 5.56 Å². The third-order valence-corrected chi connectivity index (χ3v) is 3.65. The molecule has 0 radical (unpaired) electrons. The number of amides is 1. The molecule has 0 bridgehead atoms. The average molecular weight is 380 g/mol. The monoisotopic (exact) mass is 379 g/mol. The predicted octanol–water partition coefficient (Wildman–Crippen LogP) is 4.08. The van der Waals surface area contributed by atoms with Crippen LogP contribution in [-0.4, -0.2) is 18.0 Å². The van der Waals surface area contributed by atoms with E-state index in [0.29, 0.717) is 16.8 Å². The van der Waals surface area contributed by atoms with Gasteiger partial charge in [-0.3, -0.25) is 4.79 Å². The van der Waals surface area contributed by atoms with E-state index in [0.717, 1.165) is 4.47 Å². The van der Waals surface area contributed by atoms with Gasteiger partial charge in [0.1, 0.15) is 5.82 Å². The Morgan fingerprint density at radius 3 is 2.61 bits per heavy atom. The van der Waals surface area contributed by atoms with Gasteiger partial charge in [-0.25, -0.2) is 9.18 Å². The minimum Gasteiger partial charge on any atom is -0.449 e. The summed E-state index contributed by atoms with van der Waals surface area (Å²) in [4.78, 5) is 24.0. The fourth-order valence-corrected chi connectivity index (χ4v) is 2.21.